The van der Waals surface area contributed by atoms with Crippen LogP contribution < -0.4 is 16.6 Å². The van der Waals surface area contributed by atoms with Crippen molar-refractivity contribution in [2.45, 2.75) is 19.0 Å². The Hall–Kier alpha value is -2.40. The molecule has 2 aromatic heterocycles. The molecule has 0 aromatic carbocycles. The molecule has 0 radical (unpaired) electrons. The molecule has 1 saturated heterocycles. The Kier molecular flexibility index (Phi) is 5.00. The molecule has 0 spiro atoms. The van der Waals surface area contributed by atoms with Gasteiger partial charge in [-0.15, -0.1) is 0 Å². The molecule has 0 aliphatic carbocycles. The summed E-state index contributed by atoms with van der Waals surface area (Å²) in [6, 6.07) is 0.967. The second kappa shape index (κ2) is 6.97. The molecule has 0 unspecified atom stereocenters. The topological polar surface area (TPSA) is 121 Å². The van der Waals surface area contributed by atoms with Gasteiger partial charge in [-0.05, 0) is 12.5 Å². The van der Waals surface area contributed by atoms with Crippen LogP contribution in [0.3, 0.4) is 0 Å². The summed E-state index contributed by atoms with van der Waals surface area (Å²) in [4.78, 5) is 37.6. The van der Waals surface area contributed by atoms with Crippen LogP contribution in [0.25, 0.3) is 11.0 Å². The van der Waals surface area contributed by atoms with Crippen LogP contribution in [0, 0.1) is 0 Å². The molecule has 1 aliphatic heterocycles. The molecule has 1 aliphatic rings. The predicted molar refractivity (Wildman–Crippen MR) is 98.8 cm³/mol. The maximum atomic E-state index is 12.8. The summed E-state index contributed by atoms with van der Waals surface area (Å²) >= 11 is 0. The highest BCUT2D eigenvalue weighted by Gasteiger charge is 2.30. The van der Waals surface area contributed by atoms with Gasteiger partial charge >= 0.3 is 5.69 Å². The molecule has 0 bridgehead atoms. The largest absolute Gasteiger partial charge is 0.383 e. The number of nitrogens with one attached hydrogen (secondary N) is 1. The highest BCUT2D eigenvalue weighted by Crippen LogP contribution is 2.17. The third-order valence-corrected chi connectivity index (χ3v) is 6.58. The van der Waals surface area contributed by atoms with Crippen molar-refractivity contribution in [2.24, 2.45) is 14.1 Å². The summed E-state index contributed by atoms with van der Waals surface area (Å²) in [5.74, 6) is -0.546. The zero-order valence-electron chi connectivity index (χ0n) is 15.4. The van der Waals surface area contributed by atoms with Gasteiger partial charge in [0.15, 0.2) is 9.84 Å². The van der Waals surface area contributed by atoms with Crippen molar-refractivity contribution in [2.75, 3.05) is 25.2 Å². The van der Waals surface area contributed by atoms with Crippen molar-refractivity contribution in [1.82, 2.24) is 19.0 Å². The average Bonchev–Trinajstić information content (AvgIpc) is 3.16. The van der Waals surface area contributed by atoms with E-state index in [9.17, 15) is 22.8 Å². The van der Waals surface area contributed by atoms with Crippen molar-refractivity contribution >= 4 is 26.8 Å². The lowest BCUT2D eigenvalue weighted by Gasteiger charge is -2.14. The number of sulfone groups is 1. The number of aryl methyl sites for hydroxylation is 1. The summed E-state index contributed by atoms with van der Waals surface area (Å²) in [7, 11) is 1.27. The van der Waals surface area contributed by atoms with E-state index in [4.69, 9.17) is 4.74 Å². The van der Waals surface area contributed by atoms with Crippen LogP contribution >= 0.6 is 0 Å². The minimum atomic E-state index is -3.14. The minimum absolute atomic E-state index is 0.0413. The van der Waals surface area contributed by atoms with Crippen LogP contribution in [0.1, 0.15) is 16.9 Å². The Morgan fingerprint density at radius 1 is 1.30 bits per heavy atom. The number of hydrogen-bond acceptors (Lipinski definition) is 6. The smallest absolute Gasteiger partial charge is 0.332 e. The standard InChI is InChI=1S/C16H22N4O6S/c1-18-14-11(15(22)19(2)16(18)23)8-12(20(14)5-6-26-3)13(21)17-10-4-7-27(24,25)9-10/h8,10H,4-7,9H2,1-3H3,(H,17,21)/t10-/m0/s1. The summed E-state index contributed by atoms with van der Waals surface area (Å²) in [6.07, 6.45) is 0.354. The fourth-order valence-corrected chi connectivity index (χ4v) is 5.08. The van der Waals surface area contributed by atoms with Crippen LogP contribution in [0.4, 0.5) is 0 Å². The fourth-order valence-electron chi connectivity index (χ4n) is 3.41. The lowest BCUT2D eigenvalue weighted by atomic mass is 10.2. The zero-order chi connectivity index (χ0) is 19.9. The molecule has 10 nitrogen and oxygen atoms in total. The first kappa shape index (κ1) is 19.4. The van der Waals surface area contributed by atoms with E-state index >= 15 is 0 Å². The van der Waals surface area contributed by atoms with E-state index in [1.54, 1.807) is 4.57 Å². The maximum absolute atomic E-state index is 12.8. The number of methoxy groups -OCH3 is 1. The van der Waals surface area contributed by atoms with E-state index < -0.39 is 33.0 Å². The molecular weight excluding hydrogens is 376 g/mol. The number of ether oxygens (including phenoxy) is 1. The molecule has 27 heavy (non-hydrogen) atoms. The molecule has 1 N–H and O–H groups in total. The number of aromatic nitrogens is 3. The molecule has 1 atom stereocenters. The number of hydrogen-bond donors (Lipinski definition) is 1. The highest BCUT2D eigenvalue weighted by atomic mass is 32.2. The first-order chi connectivity index (χ1) is 12.7. The number of carbonyl (C=O) groups is 1. The molecule has 2 aromatic rings. The normalized spacial score (nSPS) is 18.9. The van der Waals surface area contributed by atoms with Crippen LogP contribution in [-0.2, 0) is 35.2 Å². The van der Waals surface area contributed by atoms with Gasteiger partial charge in [0.2, 0.25) is 0 Å². The molecule has 3 heterocycles. The lowest BCUT2D eigenvalue weighted by molar-refractivity contribution is 0.0929. The molecule has 0 saturated carbocycles. The number of nitrogens with zero attached hydrogens (tertiary/aromatic N) is 3. The van der Waals surface area contributed by atoms with Crippen molar-refractivity contribution in [3.05, 3.63) is 32.6 Å². The van der Waals surface area contributed by atoms with E-state index in [1.807, 2.05) is 0 Å². The molecule has 11 heteroatoms. The molecule has 148 valence electrons. The Bertz CT molecular complexity index is 1120. The van der Waals surface area contributed by atoms with Gasteiger partial charge in [-0.2, -0.15) is 0 Å². The zero-order valence-corrected chi connectivity index (χ0v) is 16.2. The maximum Gasteiger partial charge on any atom is 0.332 e. The number of amides is 1. The molecular formula is C16H22N4O6S. The van der Waals surface area contributed by atoms with Crippen molar-refractivity contribution in [3.8, 4) is 0 Å². The number of fused-ring (bicyclic) bond motifs is 1. The van der Waals surface area contributed by atoms with Crippen LogP contribution in [-0.4, -0.2) is 59.3 Å². The van der Waals surface area contributed by atoms with E-state index in [0.29, 0.717) is 12.1 Å². The Labute approximate surface area is 155 Å². The average molecular weight is 398 g/mol. The van der Waals surface area contributed by atoms with Gasteiger partial charge in [-0.3, -0.25) is 18.7 Å². The van der Waals surface area contributed by atoms with E-state index in [-0.39, 0.29) is 35.7 Å². The van der Waals surface area contributed by atoms with Crippen molar-refractivity contribution in [3.63, 3.8) is 0 Å². The third-order valence-electron chi connectivity index (χ3n) is 4.81. The molecule has 1 fully saturated rings. The SMILES string of the molecule is COCCn1c(C(=O)N[C@H]2CCS(=O)(=O)C2)cc2c(=O)n(C)c(=O)n(C)c21. The Morgan fingerprint density at radius 3 is 2.59 bits per heavy atom. The summed E-state index contributed by atoms with van der Waals surface area (Å²) in [5, 5.41) is 2.96. The Balaban J connectivity index is 2.10. The van der Waals surface area contributed by atoms with Gasteiger partial charge in [-0.1, -0.05) is 0 Å². The predicted octanol–water partition coefficient (Wildman–Crippen LogP) is -1.40. The third kappa shape index (κ3) is 3.44. The van der Waals surface area contributed by atoms with Gasteiger partial charge in [0.1, 0.15) is 11.3 Å². The number of rotatable bonds is 5. The second-order valence-electron chi connectivity index (χ2n) is 6.69. The first-order valence-electron chi connectivity index (χ1n) is 8.45. The van der Waals surface area contributed by atoms with Gasteiger partial charge in [0.05, 0.1) is 23.5 Å². The van der Waals surface area contributed by atoms with Crippen LogP contribution in [0.5, 0.6) is 0 Å². The minimum Gasteiger partial charge on any atom is -0.383 e. The monoisotopic (exact) mass is 398 g/mol. The van der Waals surface area contributed by atoms with Crippen molar-refractivity contribution < 1.29 is 17.9 Å². The molecule has 1 amide bonds. The van der Waals surface area contributed by atoms with Gasteiger partial charge < -0.3 is 14.6 Å². The van der Waals surface area contributed by atoms with Crippen LogP contribution in [0.15, 0.2) is 15.7 Å². The highest BCUT2D eigenvalue weighted by molar-refractivity contribution is 7.91. The van der Waals surface area contributed by atoms with E-state index in [1.165, 1.54) is 31.8 Å². The first-order valence-corrected chi connectivity index (χ1v) is 10.3. The summed E-state index contributed by atoms with van der Waals surface area (Å²) < 4.78 is 32.2. The number of carbonyl (C=O) groups excluding carboxylic acids is 1. The van der Waals surface area contributed by atoms with Gasteiger partial charge in [-0.25, -0.2) is 13.2 Å². The van der Waals surface area contributed by atoms with Crippen molar-refractivity contribution in [1.29, 1.82) is 0 Å². The van der Waals surface area contributed by atoms with Crippen LogP contribution in [0.2, 0.25) is 0 Å². The van der Waals surface area contributed by atoms with E-state index in [2.05, 4.69) is 5.32 Å². The van der Waals surface area contributed by atoms with Gasteiger partial charge in [0.25, 0.3) is 11.5 Å². The second-order valence-corrected chi connectivity index (χ2v) is 8.92. The van der Waals surface area contributed by atoms with Gasteiger partial charge in [0, 0.05) is 33.8 Å². The molecule has 3 rings (SSSR count). The quantitative estimate of drug-likeness (QED) is 0.661. The summed E-state index contributed by atoms with van der Waals surface area (Å²) in [5.41, 5.74) is -0.492. The fraction of sp³-hybridized carbons (Fsp3) is 0.562. The Morgan fingerprint density at radius 2 is 2.00 bits per heavy atom. The lowest BCUT2D eigenvalue weighted by Crippen LogP contribution is -2.38. The van der Waals surface area contributed by atoms with E-state index in [0.717, 1.165) is 4.57 Å². The summed E-state index contributed by atoms with van der Waals surface area (Å²) in [6.45, 7) is 0.525.